The molecule has 0 saturated heterocycles. The van der Waals surface area contributed by atoms with Crippen molar-refractivity contribution in [2.45, 2.75) is 40.5 Å². The van der Waals surface area contributed by atoms with E-state index >= 15 is 0 Å². The third kappa shape index (κ3) is 4.41. The van der Waals surface area contributed by atoms with Crippen molar-refractivity contribution in [3.63, 3.8) is 0 Å². The van der Waals surface area contributed by atoms with Crippen molar-refractivity contribution in [2.24, 2.45) is 11.3 Å². The number of ether oxygens (including phenoxy) is 1. The lowest BCUT2D eigenvalue weighted by Crippen LogP contribution is -2.21. The van der Waals surface area contributed by atoms with Crippen molar-refractivity contribution in [1.29, 1.82) is 0 Å². The van der Waals surface area contributed by atoms with Crippen LogP contribution < -0.4 is 0 Å². The number of hydrogen-bond donors (Lipinski definition) is 0. The van der Waals surface area contributed by atoms with Gasteiger partial charge in [-0.3, -0.25) is 0 Å². The van der Waals surface area contributed by atoms with Crippen LogP contribution >= 0.6 is 0 Å². The lowest BCUT2D eigenvalue weighted by Gasteiger charge is -2.29. The Labute approximate surface area is 71.1 Å². The van der Waals surface area contributed by atoms with E-state index in [0.717, 1.165) is 12.5 Å². The van der Waals surface area contributed by atoms with Crippen molar-refractivity contribution in [3.8, 4) is 0 Å². The second-order valence-corrected chi connectivity index (χ2v) is 4.25. The molecule has 1 heteroatoms. The van der Waals surface area contributed by atoms with Gasteiger partial charge < -0.3 is 4.74 Å². The average molecular weight is 158 g/mol. The van der Waals surface area contributed by atoms with E-state index in [1.54, 1.807) is 7.11 Å². The maximum Gasteiger partial charge on any atom is 0.0465 e. The first-order valence-electron chi connectivity index (χ1n) is 4.51. The van der Waals surface area contributed by atoms with E-state index in [-0.39, 0.29) is 0 Å². The molecule has 68 valence electrons. The fraction of sp³-hybridized carbons (Fsp3) is 1.00. The van der Waals surface area contributed by atoms with E-state index in [1.807, 2.05) is 0 Å². The molecule has 1 nitrogen and oxygen atoms in total. The van der Waals surface area contributed by atoms with Crippen LogP contribution in [-0.4, -0.2) is 13.7 Å². The van der Waals surface area contributed by atoms with Gasteiger partial charge in [0.2, 0.25) is 0 Å². The zero-order valence-corrected chi connectivity index (χ0v) is 8.61. The molecule has 0 unspecified atom stereocenters. The molecule has 0 aromatic carbocycles. The molecule has 0 aliphatic heterocycles. The molecular weight excluding hydrogens is 136 g/mol. The molecule has 0 rings (SSSR count). The summed E-state index contributed by atoms with van der Waals surface area (Å²) in [5.41, 5.74) is 0.438. The van der Waals surface area contributed by atoms with Crippen molar-refractivity contribution < 1.29 is 4.74 Å². The van der Waals surface area contributed by atoms with Crippen LogP contribution in [0.3, 0.4) is 0 Å². The Morgan fingerprint density at radius 1 is 1.27 bits per heavy atom. The maximum absolute atomic E-state index is 5.07. The molecule has 0 heterocycles. The number of methoxy groups -OCH3 is 1. The highest BCUT2D eigenvalue weighted by atomic mass is 16.5. The predicted molar refractivity (Wildman–Crippen MR) is 49.7 cm³/mol. The Bertz CT molecular complexity index is 91.5. The first kappa shape index (κ1) is 11.0. The Hall–Kier alpha value is -0.0400. The first-order chi connectivity index (χ1) is 5.02. The van der Waals surface area contributed by atoms with Gasteiger partial charge in [-0.15, -0.1) is 0 Å². The van der Waals surface area contributed by atoms with E-state index in [9.17, 15) is 0 Å². The molecule has 0 radical (unpaired) electrons. The monoisotopic (exact) mass is 158 g/mol. The average Bonchev–Trinajstić information content (AvgIpc) is 1.87. The van der Waals surface area contributed by atoms with Gasteiger partial charge in [-0.25, -0.2) is 0 Å². The van der Waals surface area contributed by atoms with Crippen LogP contribution in [0.15, 0.2) is 0 Å². The van der Waals surface area contributed by atoms with Crippen LogP contribution in [0, 0.1) is 11.3 Å². The molecule has 0 spiro atoms. The molecule has 0 amide bonds. The lowest BCUT2D eigenvalue weighted by molar-refractivity contribution is 0.134. The molecule has 0 fully saturated rings. The minimum Gasteiger partial charge on any atom is -0.385 e. The second-order valence-electron chi connectivity index (χ2n) is 4.25. The van der Waals surface area contributed by atoms with Gasteiger partial charge in [0.15, 0.2) is 0 Å². The second kappa shape index (κ2) is 4.76. The highest BCUT2D eigenvalue weighted by molar-refractivity contribution is 4.72. The molecular formula is C10H22O. The lowest BCUT2D eigenvalue weighted by atomic mass is 9.77. The zero-order chi connectivity index (χ0) is 8.91. The minimum atomic E-state index is 0.438. The van der Waals surface area contributed by atoms with Crippen LogP contribution in [0.4, 0.5) is 0 Å². The van der Waals surface area contributed by atoms with Crippen LogP contribution in [-0.2, 0) is 4.74 Å². The van der Waals surface area contributed by atoms with E-state index in [4.69, 9.17) is 4.74 Å². The fourth-order valence-electron chi connectivity index (χ4n) is 1.51. The summed E-state index contributed by atoms with van der Waals surface area (Å²) in [4.78, 5) is 0. The largest absolute Gasteiger partial charge is 0.385 e. The first-order valence-corrected chi connectivity index (χ1v) is 4.51. The summed E-state index contributed by atoms with van der Waals surface area (Å²) in [6, 6.07) is 0. The Morgan fingerprint density at radius 2 is 1.82 bits per heavy atom. The van der Waals surface area contributed by atoms with E-state index in [0.29, 0.717) is 5.41 Å². The third-order valence-corrected chi connectivity index (χ3v) is 2.39. The smallest absolute Gasteiger partial charge is 0.0465 e. The van der Waals surface area contributed by atoms with Gasteiger partial charge in [-0.2, -0.15) is 0 Å². The highest BCUT2D eigenvalue weighted by Crippen LogP contribution is 2.30. The van der Waals surface area contributed by atoms with Gasteiger partial charge in [0.25, 0.3) is 0 Å². The van der Waals surface area contributed by atoms with Crippen LogP contribution in [0.25, 0.3) is 0 Å². The van der Waals surface area contributed by atoms with E-state index in [1.165, 1.54) is 12.8 Å². The molecule has 1 atom stereocenters. The Morgan fingerprint density at radius 3 is 2.09 bits per heavy atom. The molecule has 0 bridgehead atoms. The predicted octanol–water partition coefficient (Wildman–Crippen LogP) is 3.10. The molecule has 0 aromatic rings. The van der Waals surface area contributed by atoms with Gasteiger partial charge in [-0.05, 0) is 17.8 Å². The minimum absolute atomic E-state index is 0.438. The zero-order valence-electron chi connectivity index (χ0n) is 8.61. The van der Waals surface area contributed by atoms with Crippen LogP contribution in [0.2, 0.25) is 0 Å². The van der Waals surface area contributed by atoms with Crippen LogP contribution in [0.5, 0.6) is 0 Å². The van der Waals surface area contributed by atoms with Gasteiger partial charge >= 0.3 is 0 Å². The molecule has 0 saturated carbocycles. The van der Waals surface area contributed by atoms with Crippen LogP contribution in [0.1, 0.15) is 40.5 Å². The van der Waals surface area contributed by atoms with Gasteiger partial charge in [-0.1, -0.05) is 34.1 Å². The number of rotatable bonds is 4. The maximum atomic E-state index is 5.07. The normalized spacial score (nSPS) is 15.0. The van der Waals surface area contributed by atoms with E-state index in [2.05, 4.69) is 27.7 Å². The van der Waals surface area contributed by atoms with Crippen molar-refractivity contribution in [1.82, 2.24) is 0 Å². The fourth-order valence-corrected chi connectivity index (χ4v) is 1.51. The summed E-state index contributed by atoms with van der Waals surface area (Å²) in [5.74, 6) is 0.794. The summed E-state index contributed by atoms with van der Waals surface area (Å²) in [6.45, 7) is 10.1. The molecule has 0 aromatic heterocycles. The summed E-state index contributed by atoms with van der Waals surface area (Å²) in [5, 5.41) is 0. The Kier molecular flexibility index (Phi) is 4.74. The SMILES string of the molecule is CC[C@@H](CCOC)C(C)(C)C. The van der Waals surface area contributed by atoms with E-state index < -0.39 is 0 Å². The standard InChI is InChI=1S/C10H22O/c1-6-9(7-8-11-5)10(2,3)4/h9H,6-8H2,1-5H3/t9-/m0/s1. The van der Waals surface area contributed by atoms with Gasteiger partial charge in [0.05, 0.1) is 0 Å². The van der Waals surface area contributed by atoms with Crippen molar-refractivity contribution >= 4 is 0 Å². The van der Waals surface area contributed by atoms with Gasteiger partial charge in [0.1, 0.15) is 0 Å². The number of hydrogen-bond acceptors (Lipinski definition) is 1. The quantitative estimate of drug-likeness (QED) is 0.611. The Balaban J connectivity index is 3.76. The van der Waals surface area contributed by atoms with Crippen molar-refractivity contribution in [3.05, 3.63) is 0 Å². The summed E-state index contributed by atoms with van der Waals surface area (Å²) in [6.07, 6.45) is 2.45. The van der Waals surface area contributed by atoms with Crippen molar-refractivity contribution in [2.75, 3.05) is 13.7 Å². The summed E-state index contributed by atoms with van der Waals surface area (Å²) < 4.78 is 5.07. The topological polar surface area (TPSA) is 9.23 Å². The summed E-state index contributed by atoms with van der Waals surface area (Å²) >= 11 is 0. The highest BCUT2D eigenvalue weighted by Gasteiger charge is 2.21. The molecule has 0 N–H and O–H groups in total. The molecule has 11 heavy (non-hydrogen) atoms. The molecule has 0 aliphatic rings. The third-order valence-electron chi connectivity index (χ3n) is 2.39. The summed E-state index contributed by atoms with van der Waals surface area (Å²) in [7, 11) is 1.77. The molecule has 0 aliphatic carbocycles. The van der Waals surface area contributed by atoms with Gasteiger partial charge in [0, 0.05) is 13.7 Å².